The molecule has 0 aliphatic rings. The SMILES string of the molecule is CCCCCCCCCCCCCCCCCCCCCCCCC(=O)OC(=O)C(O)CO. The van der Waals surface area contributed by atoms with Crippen LogP contribution in [0.5, 0.6) is 0 Å². The second-order valence-electron chi connectivity index (χ2n) is 9.67. The number of hydrogen-bond donors (Lipinski definition) is 2. The summed E-state index contributed by atoms with van der Waals surface area (Å²) in [6.45, 7) is 1.55. The fourth-order valence-corrected chi connectivity index (χ4v) is 4.18. The van der Waals surface area contributed by atoms with Crippen molar-refractivity contribution < 1.29 is 24.5 Å². The van der Waals surface area contributed by atoms with E-state index < -0.39 is 24.6 Å². The average Bonchev–Trinajstić information content (AvgIpc) is 2.81. The number of hydrogen-bond acceptors (Lipinski definition) is 5. The Balaban J connectivity index is 3.17. The topological polar surface area (TPSA) is 83.8 Å². The molecule has 2 N–H and O–H groups in total. The van der Waals surface area contributed by atoms with Gasteiger partial charge in [-0.2, -0.15) is 0 Å². The van der Waals surface area contributed by atoms with Gasteiger partial charge in [0.05, 0.1) is 6.61 Å². The quantitative estimate of drug-likeness (QED) is 0.0824. The number of aliphatic hydroxyl groups excluding tert-OH is 2. The summed E-state index contributed by atoms with van der Waals surface area (Å²) in [6, 6.07) is 0. The Labute approximate surface area is 204 Å². The molecule has 0 amide bonds. The Hall–Kier alpha value is -0.940. The van der Waals surface area contributed by atoms with Gasteiger partial charge in [-0.15, -0.1) is 0 Å². The number of ether oxygens (including phenoxy) is 1. The van der Waals surface area contributed by atoms with Gasteiger partial charge in [0.15, 0.2) is 6.10 Å². The molecule has 0 aliphatic carbocycles. The van der Waals surface area contributed by atoms with Gasteiger partial charge in [0.2, 0.25) is 0 Å². The van der Waals surface area contributed by atoms with E-state index in [1.54, 1.807) is 0 Å². The first kappa shape index (κ1) is 32.1. The molecule has 0 saturated heterocycles. The van der Waals surface area contributed by atoms with E-state index >= 15 is 0 Å². The van der Waals surface area contributed by atoms with Crippen LogP contribution in [0.2, 0.25) is 0 Å². The predicted molar refractivity (Wildman–Crippen MR) is 136 cm³/mol. The molecule has 0 bridgehead atoms. The van der Waals surface area contributed by atoms with Gasteiger partial charge < -0.3 is 14.9 Å². The smallest absolute Gasteiger partial charge is 0.345 e. The molecule has 0 aliphatic heterocycles. The first-order chi connectivity index (χ1) is 16.1. The molecular formula is C28H54O5. The molecule has 0 aromatic heterocycles. The van der Waals surface area contributed by atoms with Crippen LogP contribution in [0.15, 0.2) is 0 Å². The third-order valence-corrected chi connectivity index (χ3v) is 6.39. The molecule has 0 fully saturated rings. The van der Waals surface area contributed by atoms with Crippen LogP contribution in [-0.4, -0.2) is 34.9 Å². The average molecular weight is 471 g/mol. The van der Waals surface area contributed by atoms with Crippen LogP contribution >= 0.6 is 0 Å². The Bertz CT molecular complexity index is 438. The third-order valence-electron chi connectivity index (χ3n) is 6.39. The number of carbonyl (C=O) groups excluding carboxylic acids is 2. The largest absolute Gasteiger partial charge is 0.393 e. The van der Waals surface area contributed by atoms with Gasteiger partial charge in [-0.1, -0.05) is 142 Å². The van der Waals surface area contributed by atoms with Crippen molar-refractivity contribution in [2.24, 2.45) is 0 Å². The van der Waals surface area contributed by atoms with Gasteiger partial charge >= 0.3 is 11.9 Å². The van der Waals surface area contributed by atoms with Crippen molar-refractivity contribution in [3.05, 3.63) is 0 Å². The zero-order valence-corrected chi connectivity index (χ0v) is 21.7. The highest BCUT2D eigenvalue weighted by Crippen LogP contribution is 2.15. The van der Waals surface area contributed by atoms with Crippen LogP contribution in [-0.2, 0) is 14.3 Å². The monoisotopic (exact) mass is 470 g/mol. The third kappa shape index (κ3) is 24.0. The summed E-state index contributed by atoms with van der Waals surface area (Å²) < 4.78 is 4.46. The van der Waals surface area contributed by atoms with Gasteiger partial charge in [-0.25, -0.2) is 4.79 Å². The number of carbonyl (C=O) groups is 2. The first-order valence-electron chi connectivity index (χ1n) is 14.1. The van der Waals surface area contributed by atoms with Crippen molar-refractivity contribution >= 4 is 11.9 Å². The van der Waals surface area contributed by atoms with E-state index in [0.717, 1.165) is 12.8 Å². The maximum Gasteiger partial charge on any atom is 0.345 e. The maximum atomic E-state index is 11.4. The Kier molecular flexibility index (Phi) is 24.9. The highest BCUT2D eigenvalue weighted by molar-refractivity contribution is 5.87. The van der Waals surface area contributed by atoms with Crippen molar-refractivity contribution in [3.8, 4) is 0 Å². The van der Waals surface area contributed by atoms with E-state index in [9.17, 15) is 9.59 Å². The van der Waals surface area contributed by atoms with Crippen LogP contribution in [0, 0.1) is 0 Å². The van der Waals surface area contributed by atoms with E-state index in [-0.39, 0.29) is 6.42 Å². The van der Waals surface area contributed by atoms with E-state index in [1.807, 2.05) is 0 Å². The predicted octanol–water partition coefficient (Wildman–Crippen LogP) is 7.40. The van der Waals surface area contributed by atoms with Gasteiger partial charge in [0.1, 0.15) is 0 Å². The van der Waals surface area contributed by atoms with Crippen LogP contribution in [0.4, 0.5) is 0 Å². The summed E-state index contributed by atoms with van der Waals surface area (Å²) in [6.07, 6.45) is 27.6. The second kappa shape index (κ2) is 25.7. The summed E-state index contributed by atoms with van der Waals surface area (Å²) in [7, 11) is 0. The molecule has 196 valence electrons. The Morgan fingerprint density at radius 1 is 0.576 bits per heavy atom. The molecule has 5 heteroatoms. The highest BCUT2D eigenvalue weighted by Gasteiger charge is 2.18. The normalized spacial score (nSPS) is 12.1. The first-order valence-corrected chi connectivity index (χ1v) is 14.1. The van der Waals surface area contributed by atoms with Crippen molar-refractivity contribution in [1.82, 2.24) is 0 Å². The molecule has 5 nitrogen and oxygen atoms in total. The van der Waals surface area contributed by atoms with Crippen molar-refractivity contribution in [2.75, 3.05) is 6.61 Å². The van der Waals surface area contributed by atoms with Gasteiger partial charge in [0.25, 0.3) is 0 Å². The summed E-state index contributed by atoms with van der Waals surface area (Å²) in [4.78, 5) is 22.6. The lowest BCUT2D eigenvalue weighted by Crippen LogP contribution is -2.28. The highest BCUT2D eigenvalue weighted by atomic mass is 16.6. The van der Waals surface area contributed by atoms with Crippen molar-refractivity contribution in [3.63, 3.8) is 0 Å². The second-order valence-corrected chi connectivity index (χ2v) is 9.67. The lowest BCUT2D eigenvalue weighted by molar-refractivity contribution is -0.167. The van der Waals surface area contributed by atoms with E-state index in [2.05, 4.69) is 11.7 Å². The van der Waals surface area contributed by atoms with Crippen LogP contribution < -0.4 is 0 Å². The van der Waals surface area contributed by atoms with Gasteiger partial charge in [-0.3, -0.25) is 4.79 Å². The van der Waals surface area contributed by atoms with E-state index in [1.165, 1.54) is 122 Å². The van der Waals surface area contributed by atoms with E-state index in [4.69, 9.17) is 10.2 Å². The van der Waals surface area contributed by atoms with E-state index in [0.29, 0.717) is 6.42 Å². The lowest BCUT2D eigenvalue weighted by atomic mass is 10.0. The lowest BCUT2D eigenvalue weighted by Gasteiger charge is -2.06. The minimum absolute atomic E-state index is 0.184. The van der Waals surface area contributed by atoms with Gasteiger partial charge in [0, 0.05) is 6.42 Å². The van der Waals surface area contributed by atoms with Crippen LogP contribution in [0.25, 0.3) is 0 Å². The molecule has 0 aromatic rings. The zero-order chi connectivity index (χ0) is 24.4. The van der Waals surface area contributed by atoms with Gasteiger partial charge in [-0.05, 0) is 6.42 Å². The summed E-state index contributed by atoms with van der Waals surface area (Å²) >= 11 is 0. The standard InChI is InChI=1S/C28H54O5/c1-2-3-4-5-6-7-8-9-10-11-12-13-14-15-16-17-18-19-20-21-22-23-24-27(31)33-28(32)26(30)25-29/h26,29-30H,2-25H2,1H3. The fraction of sp³-hybridized carbons (Fsp3) is 0.929. The van der Waals surface area contributed by atoms with Crippen LogP contribution in [0.3, 0.4) is 0 Å². The molecule has 0 rings (SSSR count). The molecule has 1 unspecified atom stereocenters. The molecule has 0 saturated carbocycles. The van der Waals surface area contributed by atoms with Crippen molar-refractivity contribution in [2.45, 2.75) is 161 Å². The Morgan fingerprint density at radius 3 is 1.18 bits per heavy atom. The molecule has 0 aromatic carbocycles. The Morgan fingerprint density at radius 2 is 0.879 bits per heavy atom. The minimum Gasteiger partial charge on any atom is -0.393 e. The number of rotatable bonds is 25. The number of esters is 2. The molecule has 0 spiro atoms. The fourth-order valence-electron chi connectivity index (χ4n) is 4.18. The summed E-state index contributed by atoms with van der Waals surface area (Å²) in [5, 5.41) is 17.7. The molecular weight excluding hydrogens is 416 g/mol. The summed E-state index contributed by atoms with van der Waals surface area (Å²) in [5.74, 6) is -1.69. The van der Waals surface area contributed by atoms with Crippen molar-refractivity contribution in [1.29, 1.82) is 0 Å². The molecule has 33 heavy (non-hydrogen) atoms. The molecule has 0 heterocycles. The number of aliphatic hydroxyl groups is 2. The zero-order valence-electron chi connectivity index (χ0n) is 21.7. The van der Waals surface area contributed by atoms with Crippen LogP contribution in [0.1, 0.15) is 155 Å². The number of unbranched alkanes of at least 4 members (excludes halogenated alkanes) is 21. The minimum atomic E-state index is -1.63. The summed E-state index contributed by atoms with van der Waals surface area (Å²) in [5.41, 5.74) is 0. The molecule has 1 atom stereocenters. The molecule has 0 radical (unpaired) electrons. The maximum absolute atomic E-state index is 11.4.